The van der Waals surface area contributed by atoms with Crippen LogP contribution in [0.1, 0.15) is 40.2 Å². The van der Waals surface area contributed by atoms with Gasteiger partial charge in [-0.05, 0) is 37.0 Å². The maximum atomic E-state index is 11.5. The molecule has 0 saturated carbocycles. The Hall–Kier alpha value is -2.30. The SMILES string of the molecule is CC(C)=CC(=O)OCC(=O)NCCOc1ccc(C(C)(C)C)cc1. The van der Waals surface area contributed by atoms with Crippen LogP contribution < -0.4 is 10.1 Å². The second kappa shape index (κ2) is 9.11. The average Bonchev–Trinajstić information content (AvgIpc) is 2.48. The molecule has 0 atom stereocenters. The van der Waals surface area contributed by atoms with E-state index in [0.717, 1.165) is 11.3 Å². The van der Waals surface area contributed by atoms with Crippen LogP contribution in [0.5, 0.6) is 5.75 Å². The number of esters is 1. The van der Waals surface area contributed by atoms with Crippen LogP contribution in [0.3, 0.4) is 0 Å². The molecular formula is C19H27NO4. The summed E-state index contributed by atoms with van der Waals surface area (Å²) in [5.41, 5.74) is 2.17. The second-order valence-electron chi connectivity index (χ2n) is 6.80. The summed E-state index contributed by atoms with van der Waals surface area (Å²) < 4.78 is 10.4. The summed E-state index contributed by atoms with van der Waals surface area (Å²) in [7, 11) is 0. The van der Waals surface area contributed by atoms with Crippen molar-refractivity contribution in [2.75, 3.05) is 19.8 Å². The fourth-order valence-electron chi connectivity index (χ4n) is 1.88. The van der Waals surface area contributed by atoms with Crippen molar-refractivity contribution in [2.24, 2.45) is 0 Å². The first-order chi connectivity index (χ1) is 11.2. The van der Waals surface area contributed by atoms with E-state index in [4.69, 9.17) is 9.47 Å². The fourth-order valence-corrected chi connectivity index (χ4v) is 1.88. The van der Waals surface area contributed by atoms with Gasteiger partial charge >= 0.3 is 5.97 Å². The number of rotatable bonds is 7. The molecule has 0 aromatic heterocycles. The number of hydrogen-bond donors (Lipinski definition) is 1. The van der Waals surface area contributed by atoms with Gasteiger partial charge in [-0.15, -0.1) is 0 Å². The Kier molecular flexibility index (Phi) is 7.49. The minimum Gasteiger partial charge on any atom is -0.492 e. The molecule has 5 heteroatoms. The second-order valence-corrected chi connectivity index (χ2v) is 6.80. The lowest BCUT2D eigenvalue weighted by Crippen LogP contribution is -2.31. The Bertz CT molecular complexity index is 578. The quantitative estimate of drug-likeness (QED) is 0.473. The highest BCUT2D eigenvalue weighted by Crippen LogP contribution is 2.24. The van der Waals surface area contributed by atoms with Gasteiger partial charge in [0.15, 0.2) is 6.61 Å². The Morgan fingerprint density at radius 3 is 2.29 bits per heavy atom. The largest absolute Gasteiger partial charge is 0.492 e. The zero-order valence-electron chi connectivity index (χ0n) is 15.1. The molecule has 132 valence electrons. The van der Waals surface area contributed by atoms with E-state index < -0.39 is 5.97 Å². The molecule has 5 nitrogen and oxygen atoms in total. The van der Waals surface area contributed by atoms with Crippen molar-refractivity contribution in [3.05, 3.63) is 41.5 Å². The van der Waals surface area contributed by atoms with E-state index in [1.165, 1.54) is 11.6 Å². The Morgan fingerprint density at radius 1 is 1.12 bits per heavy atom. The van der Waals surface area contributed by atoms with E-state index >= 15 is 0 Å². The number of ether oxygens (including phenoxy) is 2. The molecule has 24 heavy (non-hydrogen) atoms. The number of carbonyl (C=O) groups excluding carboxylic acids is 2. The standard InChI is InChI=1S/C19H27NO4/c1-14(2)12-18(22)24-13-17(21)20-10-11-23-16-8-6-15(7-9-16)19(3,4)5/h6-9,12H,10-11,13H2,1-5H3,(H,20,21). The van der Waals surface area contributed by atoms with Crippen LogP contribution in [-0.2, 0) is 19.7 Å². The Morgan fingerprint density at radius 2 is 1.75 bits per heavy atom. The van der Waals surface area contributed by atoms with Crippen LogP contribution >= 0.6 is 0 Å². The van der Waals surface area contributed by atoms with Crippen LogP contribution in [0, 0.1) is 0 Å². The van der Waals surface area contributed by atoms with Gasteiger partial charge in [0.1, 0.15) is 12.4 Å². The molecule has 0 radical (unpaired) electrons. The van der Waals surface area contributed by atoms with Crippen LogP contribution in [0.4, 0.5) is 0 Å². The van der Waals surface area contributed by atoms with E-state index in [2.05, 4.69) is 26.1 Å². The molecule has 0 fully saturated rings. The molecule has 0 aliphatic carbocycles. The van der Waals surface area contributed by atoms with Crippen molar-refractivity contribution in [1.29, 1.82) is 0 Å². The third kappa shape index (κ3) is 7.81. The first-order valence-electron chi connectivity index (χ1n) is 8.00. The molecule has 0 unspecified atom stereocenters. The monoisotopic (exact) mass is 333 g/mol. The van der Waals surface area contributed by atoms with Gasteiger partial charge in [-0.2, -0.15) is 0 Å². The predicted molar refractivity (Wildman–Crippen MR) is 94.0 cm³/mol. The van der Waals surface area contributed by atoms with Gasteiger partial charge < -0.3 is 14.8 Å². The summed E-state index contributed by atoms with van der Waals surface area (Å²) in [6.45, 7) is 10.4. The topological polar surface area (TPSA) is 64.6 Å². The molecule has 1 aromatic rings. The minimum absolute atomic E-state index is 0.107. The first kappa shape index (κ1) is 19.7. The molecule has 0 aliphatic heterocycles. The van der Waals surface area contributed by atoms with Crippen LogP contribution in [0.15, 0.2) is 35.9 Å². The van der Waals surface area contributed by atoms with Gasteiger partial charge in [-0.1, -0.05) is 38.5 Å². The van der Waals surface area contributed by atoms with Gasteiger partial charge in [-0.25, -0.2) is 4.79 Å². The van der Waals surface area contributed by atoms with E-state index in [9.17, 15) is 9.59 Å². The highest BCUT2D eigenvalue weighted by molar-refractivity contribution is 5.86. The van der Waals surface area contributed by atoms with Crippen molar-refractivity contribution in [3.63, 3.8) is 0 Å². The summed E-state index contributed by atoms with van der Waals surface area (Å²) in [5, 5.41) is 2.64. The molecule has 0 bridgehead atoms. The first-order valence-corrected chi connectivity index (χ1v) is 8.00. The third-order valence-corrected chi connectivity index (χ3v) is 3.17. The van der Waals surface area contributed by atoms with Crippen molar-refractivity contribution < 1.29 is 19.1 Å². The highest BCUT2D eigenvalue weighted by Gasteiger charge is 2.12. The zero-order valence-corrected chi connectivity index (χ0v) is 15.1. The molecular weight excluding hydrogens is 306 g/mol. The summed E-state index contributed by atoms with van der Waals surface area (Å²) in [4.78, 5) is 22.8. The van der Waals surface area contributed by atoms with E-state index in [1.54, 1.807) is 13.8 Å². The van der Waals surface area contributed by atoms with Gasteiger partial charge in [0.05, 0.1) is 6.54 Å². The van der Waals surface area contributed by atoms with Gasteiger partial charge in [0, 0.05) is 6.08 Å². The third-order valence-electron chi connectivity index (χ3n) is 3.17. The normalized spacial score (nSPS) is 10.7. The molecule has 1 amide bonds. The number of allylic oxidation sites excluding steroid dienone is 1. The number of amides is 1. The van der Waals surface area contributed by atoms with E-state index in [-0.39, 0.29) is 17.9 Å². The summed E-state index contributed by atoms with van der Waals surface area (Å²) in [5.74, 6) is -0.107. The van der Waals surface area contributed by atoms with E-state index in [0.29, 0.717) is 13.2 Å². The summed E-state index contributed by atoms with van der Waals surface area (Å²) in [6.07, 6.45) is 1.34. The van der Waals surface area contributed by atoms with Crippen molar-refractivity contribution in [3.8, 4) is 5.75 Å². The number of nitrogens with one attached hydrogen (secondary N) is 1. The average molecular weight is 333 g/mol. The number of benzene rings is 1. The van der Waals surface area contributed by atoms with Crippen LogP contribution in [-0.4, -0.2) is 31.6 Å². The maximum absolute atomic E-state index is 11.5. The summed E-state index contributed by atoms with van der Waals surface area (Å²) in [6, 6.07) is 7.92. The molecule has 0 heterocycles. The van der Waals surface area contributed by atoms with Gasteiger partial charge in [0.25, 0.3) is 5.91 Å². The Labute approximate surface area is 144 Å². The minimum atomic E-state index is -0.514. The van der Waals surface area contributed by atoms with E-state index in [1.807, 2.05) is 24.3 Å². The van der Waals surface area contributed by atoms with Crippen molar-refractivity contribution in [2.45, 2.75) is 40.0 Å². The number of hydrogen-bond acceptors (Lipinski definition) is 4. The highest BCUT2D eigenvalue weighted by atomic mass is 16.5. The molecule has 1 rings (SSSR count). The molecule has 0 spiro atoms. The smallest absolute Gasteiger partial charge is 0.331 e. The Balaban J connectivity index is 2.25. The lowest BCUT2D eigenvalue weighted by molar-refractivity contribution is -0.143. The number of carbonyl (C=O) groups is 2. The molecule has 0 saturated heterocycles. The molecule has 1 N–H and O–H groups in total. The molecule has 1 aromatic carbocycles. The lowest BCUT2D eigenvalue weighted by atomic mass is 9.87. The summed E-state index contributed by atoms with van der Waals surface area (Å²) >= 11 is 0. The van der Waals surface area contributed by atoms with Crippen LogP contribution in [0.25, 0.3) is 0 Å². The molecule has 0 aliphatic rings. The maximum Gasteiger partial charge on any atom is 0.331 e. The van der Waals surface area contributed by atoms with Crippen molar-refractivity contribution >= 4 is 11.9 Å². The zero-order chi connectivity index (χ0) is 18.2. The fraction of sp³-hybridized carbons (Fsp3) is 0.474. The van der Waals surface area contributed by atoms with Gasteiger partial charge in [0.2, 0.25) is 0 Å². The predicted octanol–water partition coefficient (Wildman–Crippen LogP) is 2.99. The lowest BCUT2D eigenvalue weighted by Gasteiger charge is -2.19. The van der Waals surface area contributed by atoms with Crippen LogP contribution in [0.2, 0.25) is 0 Å². The van der Waals surface area contributed by atoms with Crippen molar-refractivity contribution in [1.82, 2.24) is 5.32 Å². The van der Waals surface area contributed by atoms with Gasteiger partial charge in [-0.3, -0.25) is 4.79 Å².